The summed E-state index contributed by atoms with van der Waals surface area (Å²) >= 11 is 0. The summed E-state index contributed by atoms with van der Waals surface area (Å²) in [6, 6.07) is -0.630. The van der Waals surface area contributed by atoms with Crippen LogP contribution in [0.1, 0.15) is 12.8 Å². The van der Waals surface area contributed by atoms with Crippen LogP contribution in [0.15, 0.2) is 23.6 Å². The fourth-order valence-corrected chi connectivity index (χ4v) is 1.04. The zero-order valence-electron chi connectivity index (χ0n) is 6.64. The van der Waals surface area contributed by atoms with Crippen molar-refractivity contribution in [1.29, 1.82) is 0 Å². The van der Waals surface area contributed by atoms with Crippen molar-refractivity contribution >= 4 is 6.03 Å². The second-order valence-corrected chi connectivity index (χ2v) is 2.58. The molecule has 0 aliphatic heterocycles. The number of urea groups is 1. The van der Waals surface area contributed by atoms with Crippen molar-refractivity contribution in [2.45, 2.75) is 12.8 Å². The first kappa shape index (κ1) is 8.77. The van der Waals surface area contributed by atoms with Crippen molar-refractivity contribution in [3.8, 4) is 0 Å². The molecule has 0 spiro atoms. The summed E-state index contributed by atoms with van der Waals surface area (Å²) < 4.78 is 12.9. The minimum atomic E-state index is -0.630. The number of halogens is 1. The second kappa shape index (κ2) is 3.90. The van der Waals surface area contributed by atoms with Crippen molar-refractivity contribution in [1.82, 2.24) is 5.32 Å². The molecule has 1 rings (SSSR count). The number of primary amides is 1. The molecular weight excluding hydrogens is 159 g/mol. The van der Waals surface area contributed by atoms with Crippen molar-refractivity contribution in [2.24, 2.45) is 5.73 Å². The molecule has 0 atom stereocenters. The summed E-state index contributed by atoms with van der Waals surface area (Å²) in [6.45, 7) is 0.178. The molecule has 3 nitrogen and oxygen atoms in total. The maximum atomic E-state index is 12.9. The predicted octanol–water partition coefficient (Wildman–Crippen LogP) is 1.23. The highest BCUT2D eigenvalue weighted by atomic mass is 19.1. The number of nitrogens with one attached hydrogen (secondary N) is 1. The molecule has 0 bridgehead atoms. The summed E-state index contributed by atoms with van der Waals surface area (Å²) in [5.41, 5.74) is 5.35. The molecular formula is C8H11FN2O. The van der Waals surface area contributed by atoms with Crippen LogP contribution in [-0.4, -0.2) is 12.6 Å². The van der Waals surface area contributed by atoms with Crippen molar-refractivity contribution < 1.29 is 9.18 Å². The van der Waals surface area contributed by atoms with E-state index in [0.29, 0.717) is 5.57 Å². The highest BCUT2D eigenvalue weighted by Gasteiger charge is 2.07. The molecule has 0 saturated heterocycles. The van der Waals surface area contributed by atoms with E-state index in [-0.39, 0.29) is 12.4 Å². The van der Waals surface area contributed by atoms with E-state index < -0.39 is 6.03 Å². The fourth-order valence-electron chi connectivity index (χ4n) is 1.04. The van der Waals surface area contributed by atoms with Crippen molar-refractivity contribution in [3.63, 3.8) is 0 Å². The number of rotatable bonds is 2. The highest BCUT2D eigenvalue weighted by Crippen LogP contribution is 2.18. The Kier molecular flexibility index (Phi) is 2.85. The van der Waals surface area contributed by atoms with Gasteiger partial charge >= 0.3 is 6.03 Å². The first-order valence-corrected chi connectivity index (χ1v) is 3.78. The third-order valence-corrected chi connectivity index (χ3v) is 1.64. The van der Waals surface area contributed by atoms with Gasteiger partial charge in [0, 0.05) is 12.1 Å². The van der Waals surface area contributed by atoms with Gasteiger partial charge in [0.1, 0.15) is 5.83 Å². The van der Waals surface area contributed by atoms with E-state index >= 15 is 0 Å². The summed E-state index contributed by atoms with van der Waals surface area (Å²) in [5, 5.41) is 2.34. The third kappa shape index (κ3) is 2.38. The first-order valence-electron chi connectivity index (χ1n) is 3.78. The maximum absolute atomic E-state index is 12.9. The van der Waals surface area contributed by atoms with E-state index in [1.165, 1.54) is 6.08 Å². The minimum absolute atomic E-state index is 0.178. The summed E-state index contributed by atoms with van der Waals surface area (Å²) in [5.74, 6) is -0.255. The topological polar surface area (TPSA) is 55.1 Å². The van der Waals surface area contributed by atoms with Gasteiger partial charge in [-0.15, -0.1) is 0 Å². The second-order valence-electron chi connectivity index (χ2n) is 2.58. The molecule has 0 aromatic heterocycles. The highest BCUT2D eigenvalue weighted by molar-refractivity contribution is 5.72. The van der Waals surface area contributed by atoms with Gasteiger partial charge in [-0.3, -0.25) is 0 Å². The molecule has 0 aromatic rings. The number of carbonyl (C=O) groups excluding carboxylic acids is 1. The standard InChI is InChI=1S/C8H11FN2O/c9-7-4-2-1-3-6(7)5-11-8(10)12/h3-4H,1-2,5H2,(H3,10,11,12). The van der Waals surface area contributed by atoms with Gasteiger partial charge in [0.05, 0.1) is 0 Å². The molecule has 2 amide bonds. The minimum Gasteiger partial charge on any atom is -0.352 e. The Labute approximate surface area is 70.1 Å². The normalized spacial score (nSPS) is 16.4. The molecule has 66 valence electrons. The smallest absolute Gasteiger partial charge is 0.312 e. The van der Waals surface area contributed by atoms with Crippen LogP contribution in [0, 0.1) is 0 Å². The van der Waals surface area contributed by atoms with Crippen LogP contribution in [0.5, 0.6) is 0 Å². The van der Waals surface area contributed by atoms with Gasteiger partial charge in [-0.25, -0.2) is 9.18 Å². The van der Waals surface area contributed by atoms with Crippen LogP contribution in [0.2, 0.25) is 0 Å². The molecule has 1 aliphatic rings. The van der Waals surface area contributed by atoms with Crippen molar-refractivity contribution in [3.05, 3.63) is 23.6 Å². The van der Waals surface area contributed by atoms with Crippen LogP contribution in [0.25, 0.3) is 0 Å². The van der Waals surface area contributed by atoms with E-state index in [0.717, 1.165) is 12.8 Å². The van der Waals surface area contributed by atoms with Gasteiger partial charge in [-0.05, 0) is 18.9 Å². The monoisotopic (exact) mass is 170 g/mol. The van der Waals surface area contributed by atoms with Crippen molar-refractivity contribution in [2.75, 3.05) is 6.54 Å². The summed E-state index contributed by atoms with van der Waals surface area (Å²) in [6.07, 6.45) is 4.83. The van der Waals surface area contributed by atoms with Crippen LogP contribution < -0.4 is 11.1 Å². The molecule has 0 aromatic carbocycles. The SMILES string of the molecule is NC(=O)NCC1=CCCC=C1F. The zero-order valence-corrected chi connectivity index (χ0v) is 6.64. The predicted molar refractivity (Wildman–Crippen MR) is 44.1 cm³/mol. The van der Waals surface area contributed by atoms with E-state index in [1.807, 2.05) is 0 Å². The fraction of sp³-hybridized carbons (Fsp3) is 0.375. The Balaban J connectivity index is 2.46. The van der Waals surface area contributed by atoms with E-state index in [1.54, 1.807) is 6.08 Å². The van der Waals surface area contributed by atoms with Gasteiger partial charge < -0.3 is 11.1 Å². The van der Waals surface area contributed by atoms with Gasteiger partial charge in [0.2, 0.25) is 0 Å². The molecule has 12 heavy (non-hydrogen) atoms. The zero-order chi connectivity index (χ0) is 8.97. The van der Waals surface area contributed by atoms with Gasteiger partial charge in [-0.1, -0.05) is 6.08 Å². The lowest BCUT2D eigenvalue weighted by Gasteiger charge is -2.09. The lowest BCUT2D eigenvalue weighted by Crippen LogP contribution is -2.31. The quantitative estimate of drug-likeness (QED) is 0.643. The molecule has 0 radical (unpaired) electrons. The average molecular weight is 170 g/mol. The van der Waals surface area contributed by atoms with Gasteiger partial charge in [-0.2, -0.15) is 0 Å². The van der Waals surface area contributed by atoms with Crippen LogP contribution in [-0.2, 0) is 0 Å². The summed E-state index contributed by atoms with van der Waals surface area (Å²) in [4.78, 5) is 10.3. The molecule has 3 N–H and O–H groups in total. The Hall–Kier alpha value is -1.32. The van der Waals surface area contributed by atoms with Crippen LogP contribution in [0.3, 0.4) is 0 Å². The Bertz CT molecular complexity index is 245. The molecule has 0 fully saturated rings. The lowest BCUT2D eigenvalue weighted by molar-refractivity contribution is 0.249. The Morgan fingerprint density at radius 3 is 2.83 bits per heavy atom. The average Bonchev–Trinajstić information content (AvgIpc) is 2.03. The third-order valence-electron chi connectivity index (χ3n) is 1.64. The van der Waals surface area contributed by atoms with Gasteiger partial charge in [0.15, 0.2) is 0 Å². The number of allylic oxidation sites excluding steroid dienone is 2. The number of hydrogen-bond donors (Lipinski definition) is 2. The van der Waals surface area contributed by atoms with E-state index in [9.17, 15) is 9.18 Å². The molecule has 4 heteroatoms. The molecule has 0 saturated carbocycles. The molecule has 0 unspecified atom stereocenters. The molecule has 0 heterocycles. The maximum Gasteiger partial charge on any atom is 0.312 e. The van der Waals surface area contributed by atoms with Crippen LogP contribution >= 0.6 is 0 Å². The lowest BCUT2D eigenvalue weighted by atomic mass is 10.1. The summed E-state index contributed by atoms with van der Waals surface area (Å²) in [7, 11) is 0. The number of hydrogen-bond acceptors (Lipinski definition) is 1. The number of nitrogens with two attached hydrogens (primary N) is 1. The first-order chi connectivity index (χ1) is 5.70. The Morgan fingerprint density at radius 2 is 2.25 bits per heavy atom. The van der Waals surface area contributed by atoms with E-state index in [2.05, 4.69) is 5.32 Å². The molecule has 1 aliphatic carbocycles. The largest absolute Gasteiger partial charge is 0.352 e. The van der Waals surface area contributed by atoms with Gasteiger partial charge in [0.25, 0.3) is 0 Å². The number of amides is 2. The van der Waals surface area contributed by atoms with E-state index in [4.69, 9.17) is 5.73 Å². The van der Waals surface area contributed by atoms with Crippen LogP contribution in [0.4, 0.5) is 9.18 Å². The number of carbonyl (C=O) groups is 1. The Morgan fingerprint density at radius 1 is 1.58 bits per heavy atom.